The van der Waals surface area contributed by atoms with E-state index in [1.54, 1.807) is 0 Å². The summed E-state index contributed by atoms with van der Waals surface area (Å²) in [6.07, 6.45) is 0. The van der Waals surface area contributed by atoms with Crippen molar-refractivity contribution in [2.24, 2.45) is 0 Å². The average molecular weight is 167 g/mol. The largest absolute Gasteiger partial charge is 0.493 e. The lowest BCUT2D eigenvalue weighted by molar-refractivity contribution is 0.242. The lowest BCUT2D eigenvalue weighted by Gasteiger charge is -2.02. The molecule has 3 heteroatoms. The first kappa shape index (κ1) is 8.86. The van der Waals surface area contributed by atoms with Crippen LogP contribution >= 0.6 is 23.2 Å². The average Bonchev–Trinajstić information content (AvgIpc) is 1.87. The second-order valence-electron chi connectivity index (χ2n) is 1.31. The molecular formula is C6H8Cl2O. The van der Waals surface area contributed by atoms with E-state index in [9.17, 15) is 0 Å². The van der Waals surface area contributed by atoms with Gasteiger partial charge in [-0.05, 0) is 6.92 Å². The summed E-state index contributed by atoms with van der Waals surface area (Å²) in [5.41, 5.74) is 1.22. The van der Waals surface area contributed by atoms with Gasteiger partial charge >= 0.3 is 0 Å². The number of allylic oxidation sites excluding steroid dienone is 1. The number of halogens is 2. The summed E-state index contributed by atoms with van der Waals surface area (Å²) in [4.78, 5) is 0. The molecule has 0 atom stereocenters. The van der Waals surface area contributed by atoms with Crippen LogP contribution in [0.2, 0.25) is 0 Å². The molecule has 0 saturated heterocycles. The second kappa shape index (κ2) is 4.71. The van der Waals surface area contributed by atoms with Crippen LogP contribution in [0.1, 0.15) is 6.92 Å². The molecule has 0 aromatic rings. The van der Waals surface area contributed by atoms with Gasteiger partial charge in [0, 0.05) is 5.54 Å². The standard InChI is InChI=1S/C6H8Cl2O/c1-3-9-5(2)6(8)4-7/h4H,2-3H2,1H3/b6-4+. The highest BCUT2D eigenvalue weighted by molar-refractivity contribution is 6.38. The fourth-order valence-electron chi connectivity index (χ4n) is 0.304. The van der Waals surface area contributed by atoms with Crippen LogP contribution in [0, 0.1) is 0 Å². The van der Waals surface area contributed by atoms with E-state index in [0.717, 1.165) is 0 Å². The first-order valence-electron chi connectivity index (χ1n) is 2.50. The van der Waals surface area contributed by atoms with Crippen molar-refractivity contribution in [2.45, 2.75) is 6.92 Å². The van der Waals surface area contributed by atoms with E-state index in [1.807, 2.05) is 6.92 Å². The molecule has 0 aliphatic heterocycles. The highest BCUT2D eigenvalue weighted by Crippen LogP contribution is 2.14. The van der Waals surface area contributed by atoms with Crippen molar-refractivity contribution < 1.29 is 4.74 Å². The van der Waals surface area contributed by atoms with Crippen molar-refractivity contribution in [1.82, 2.24) is 0 Å². The monoisotopic (exact) mass is 166 g/mol. The summed E-state index contributed by atoms with van der Waals surface area (Å²) in [6.45, 7) is 5.91. The highest BCUT2D eigenvalue weighted by Gasteiger charge is 1.95. The molecule has 0 bridgehead atoms. The maximum absolute atomic E-state index is 5.50. The van der Waals surface area contributed by atoms with E-state index in [-0.39, 0.29) is 0 Å². The van der Waals surface area contributed by atoms with Crippen molar-refractivity contribution >= 4 is 23.2 Å². The van der Waals surface area contributed by atoms with E-state index >= 15 is 0 Å². The fraction of sp³-hybridized carbons (Fsp3) is 0.333. The molecule has 0 radical (unpaired) electrons. The van der Waals surface area contributed by atoms with Crippen LogP contribution in [0.25, 0.3) is 0 Å². The summed E-state index contributed by atoms with van der Waals surface area (Å²) >= 11 is 10.7. The van der Waals surface area contributed by atoms with Crippen molar-refractivity contribution in [3.8, 4) is 0 Å². The lowest BCUT2D eigenvalue weighted by Crippen LogP contribution is -1.88. The van der Waals surface area contributed by atoms with Gasteiger partial charge in [0.05, 0.1) is 11.6 Å². The first-order chi connectivity index (χ1) is 4.22. The smallest absolute Gasteiger partial charge is 0.131 e. The number of ether oxygens (including phenoxy) is 1. The van der Waals surface area contributed by atoms with Crippen LogP contribution in [0.15, 0.2) is 22.9 Å². The van der Waals surface area contributed by atoms with Gasteiger partial charge in [0.15, 0.2) is 0 Å². The minimum Gasteiger partial charge on any atom is -0.493 e. The fourth-order valence-corrected chi connectivity index (χ4v) is 0.480. The molecule has 0 fully saturated rings. The zero-order valence-corrected chi connectivity index (χ0v) is 6.67. The summed E-state index contributed by atoms with van der Waals surface area (Å²) in [5.74, 6) is 0.411. The summed E-state index contributed by atoms with van der Waals surface area (Å²) in [5, 5.41) is 0.346. The van der Waals surface area contributed by atoms with Crippen LogP contribution < -0.4 is 0 Å². The molecule has 0 amide bonds. The van der Waals surface area contributed by atoms with Gasteiger partial charge in [-0.1, -0.05) is 29.8 Å². The van der Waals surface area contributed by atoms with E-state index in [1.165, 1.54) is 5.54 Å². The van der Waals surface area contributed by atoms with E-state index in [0.29, 0.717) is 17.4 Å². The van der Waals surface area contributed by atoms with Gasteiger partial charge in [-0.25, -0.2) is 0 Å². The molecule has 0 aliphatic rings. The third-order valence-corrected chi connectivity index (χ3v) is 1.33. The van der Waals surface area contributed by atoms with Crippen molar-refractivity contribution in [3.05, 3.63) is 22.9 Å². The van der Waals surface area contributed by atoms with Crippen molar-refractivity contribution in [2.75, 3.05) is 6.61 Å². The third-order valence-electron chi connectivity index (χ3n) is 0.681. The van der Waals surface area contributed by atoms with Gasteiger partial charge in [-0.2, -0.15) is 0 Å². The summed E-state index contributed by atoms with van der Waals surface area (Å²) < 4.78 is 4.92. The van der Waals surface area contributed by atoms with Crippen LogP contribution in [0.5, 0.6) is 0 Å². The molecule has 0 rings (SSSR count). The maximum Gasteiger partial charge on any atom is 0.131 e. The van der Waals surface area contributed by atoms with Crippen molar-refractivity contribution in [1.29, 1.82) is 0 Å². The zero-order valence-electron chi connectivity index (χ0n) is 5.16. The van der Waals surface area contributed by atoms with Gasteiger partial charge in [0.2, 0.25) is 0 Å². The Morgan fingerprint density at radius 2 is 2.33 bits per heavy atom. The predicted molar refractivity (Wildman–Crippen MR) is 40.6 cm³/mol. The number of hydrogen-bond donors (Lipinski definition) is 0. The van der Waals surface area contributed by atoms with E-state index in [4.69, 9.17) is 27.9 Å². The topological polar surface area (TPSA) is 9.23 Å². The number of rotatable bonds is 3. The quantitative estimate of drug-likeness (QED) is 0.463. The lowest BCUT2D eigenvalue weighted by atomic mass is 10.5. The van der Waals surface area contributed by atoms with Gasteiger partial charge in [-0.15, -0.1) is 0 Å². The SMILES string of the molecule is C=C(OCC)/C(Cl)=C\Cl. The summed E-state index contributed by atoms with van der Waals surface area (Å²) in [7, 11) is 0. The molecule has 0 N–H and O–H groups in total. The minimum atomic E-state index is 0.346. The Bertz CT molecular complexity index is 129. The minimum absolute atomic E-state index is 0.346. The molecule has 9 heavy (non-hydrogen) atoms. The molecule has 0 aromatic carbocycles. The van der Waals surface area contributed by atoms with Crippen LogP contribution in [0.4, 0.5) is 0 Å². The third kappa shape index (κ3) is 3.44. The molecule has 0 unspecified atom stereocenters. The van der Waals surface area contributed by atoms with E-state index in [2.05, 4.69) is 6.58 Å². The van der Waals surface area contributed by atoms with Crippen molar-refractivity contribution in [3.63, 3.8) is 0 Å². The Kier molecular flexibility index (Phi) is 4.64. The van der Waals surface area contributed by atoms with E-state index < -0.39 is 0 Å². The molecule has 0 aliphatic carbocycles. The Morgan fingerprint density at radius 3 is 2.67 bits per heavy atom. The Hall–Kier alpha value is -0.140. The molecule has 1 nitrogen and oxygen atoms in total. The van der Waals surface area contributed by atoms with Crippen LogP contribution in [-0.2, 0) is 4.74 Å². The van der Waals surface area contributed by atoms with Gasteiger partial charge < -0.3 is 4.74 Å². The van der Waals surface area contributed by atoms with Crippen LogP contribution in [-0.4, -0.2) is 6.61 Å². The van der Waals surface area contributed by atoms with Crippen LogP contribution in [0.3, 0.4) is 0 Å². The molecule has 0 heterocycles. The maximum atomic E-state index is 5.50. The molecule has 0 saturated carbocycles. The number of hydrogen-bond acceptors (Lipinski definition) is 1. The molecular weight excluding hydrogens is 159 g/mol. The predicted octanol–water partition coefficient (Wildman–Crippen LogP) is 2.86. The molecule has 0 spiro atoms. The normalized spacial score (nSPS) is 11.2. The molecule has 52 valence electrons. The Balaban J connectivity index is 3.74. The summed E-state index contributed by atoms with van der Waals surface area (Å²) in [6, 6.07) is 0. The van der Waals surface area contributed by atoms with Gasteiger partial charge in [0.1, 0.15) is 5.76 Å². The highest BCUT2D eigenvalue weighted by atomic mass is 35.5. The Labute approximate surface area is 64.9 Å². The molecule has 0 aromatic heterocycles. The zero-order chi connectivity index (χ0) is 7.28. The second-order valence-corrected chi connectivity index (χ2v) is 1.94. The van der Waals surface area contributed by atoms with Gasteiger partial charge in [-0.3, -0.25) is 0 Å². The first-order valence-corrected chi connectivity index (χ1v) is 3.31. The van der Waals surface area contributed by atoms with Gasteiger partial charge in [0.25, 0.3) is 0 Å². The Morgan fingerprint density at radius 1 is 1.78 bits per heavy atom.